The summed E-state index contributed by atoms with van der Waals surface area (Å²) in [5.74, 6) is 0.431. The minimum Gasteiger partial charge on any atom is -0.368 e. The summed E-state index contributed by atoms with van der Waals surface area (Å²) in [4.78, 5) is 18.9. The van der Waals surface area contributed by atoms with Gasteiger partial charge in [0, 0.05) is 38.9 Å². The van der Waals surface area contributed by atoms with Gasteiger partial charge in [0.05, 0.1) is 11.9 Å². The Morgan fingerprint density at radius 2 is 1.96 bits per heavy atom. The number of aryl methyl sites for hydroxylation is 1. The molecule has 0 saturated carbocycles. The molecule has 2 aromatic rings. The van der Waals surface area contributed by atoms with E-state index in [1.807, 2.05) is 49.0 Å². The quantitative estimate of drug-likeness (QED) is 0.898. The first kappa shape index (κ1) is 17.3. The minimum atomic E-state index is -0.141. The van der Waals surface area contributed by atoms with Crippen LogP contribution >= 0.6 is 12.4 Å². The van der Waals surface area contributed by atoms with Gasteiger partial charge in [-0.1, -0.05) is 0 Å². The molecule has 3 rings (SSSR count). The van der Waals surface area contributed by atoms with Crippen LogP contribution in [0.15, 0.2) is 30.5 Å². The molecule has 0 aromatic carbocycles. The average Bonchev–Trinajstić information content (AvgIpc) is 2.88. The van der Waals surface area contributed by atoms with Crippen molar-refractivity contribution in [2.24, 2.45) is 7.05 Å². The summed E-state index contributed by atoms with van der Waals surface area (Å²) < 4.78 is 1.87. The van der Waals surface area contributed by atoms with Gasteiger partial charge in [-0.3, -0.25) is 4.79 Å². The SMILES string of the molecule is Cc1ccc(C(=O)Nc2ccc(N3CCNCC3)cn2)n1C.Cl. The maximum Gasteiger partial charge on any atom is 0.273 e. The summed E-state index contributed by atoms with van der Waals surface area (Å²) in [7, 11) is 1.88. The molecule has 0 bridgehead atoms. The molecule has 0 radical (unpaired) electrons. The van der Waals surface area contributed by atoms with Crippen LogP contribution in [0.5, 0.6) is 0 Å². The molecule has 2 N–H and O–H groups in total. The van der Waals surface area contributed by atoms with E-state index in [0.717, 1.165) is 37.6 Å². The Bertz CT molecular complexity index is 662. The van der Waals surface area contributed by atoms with Gasteiger partial charge in [0.1, 0.15) is 11.5 Å². The maximum atomic E-state index is 12.2. The molecule has 0 atom stereocenters. The Hall–Kier alpha value is -2.05. The third-order valence-electron chi connectivity index (χ3n) is 4.08. The van der Waals surface area contributed by atoms with Gasteiger partial charge in [-0.2, -0.15) is 0 Å². The van der Waals surface area contributed by atoms with Gasteiger partial charge in [-0.05, 0) is 31.2 Å². The van der Waals surface area contributed by atoms with Crippen LogP contribution in [0.25, 0.3) is 0 Å². The molecular formula is C16H22ClN5O. The number of aromatic nitrogens is 2. The van der Waals surface area contributed by atoms with Crippen molar-refractivity contribution in [1.82, 2.24) is 14.9 Å². The highest BCUT2D eigenvalue weighted by Crippen LogP contribution is 2.16. The third kappa shape index (κ3) is 3.83. The lowest BCUT2D eigenvalue weighted by atomic mass is 10.3. The summed E-state index contributed by atoms with van der Waals surface area (Å²) in [6.45, 7) is 5.92. The van der Waals surface area contributed by atoms with Crippen molar-refractivity contribution in [3.05, 3.63) is 41.9 Å². The number of piperazine rings is 1. The van der Waals surface area contributed by atoms with Crippen molar-refractivity contribution in [1.29, 1.82) is 0 Å². The standard InChI is InChI=1S/C16H21N5O.ClH/c1-12-3-5-14(20(12)2)16(22)19-15-6-4-13(11-18-15)21-9-7-17-8-10-21;/h3-6,11,17H,7-10H2,1-2H3,(H,18,19,22);1H. The fraction of sp³-hybridized carbons (Fsp3) is 0.375. The van der Waals surface area contributed by atoms with Crippen LogP contribution in [-0.4, -0.2) is 41.6 Å². The largest absolute Gasteiger partial charge is 0.368 e. The number of nitrogens with zero attached hydrogens (tertiary/aromatic N) is 3. The number of hydrogen-bond donors (Lipinski definition) is 2. The van der Waals surface area contributed by atoms with E-state index in [2.05, 4.69) is 20.5 Å². The van der Waals surface area contributed by atoms with Gasteiger partial charge in [0.15, 0.2) is 0 Å². The number of anilines is 2. The number of hydrogen-bond acceptors (Lipinski definition) is 4. The summed E-state index contributed by atoms with van der Waals surface area (Å²) >= 11 is 0. The van der Waals surface area contributed by atoms with E-state index < -0.39 is 0 Å². The summed E-state index contributed by atoms with van der Waals surface area (Å²) in [6, 6.07) is 7.60. The van der Waals surface area contributed by atoms with Crippen molar-refractivity contribution >= 4 is 29.8 Å². The number of rotatable bonds is 3. The molecule has 0 spiro atoms. The molecule has 1 aliphatic rings. The fourth-order valence-corrected chi connectivity index (χ4v) is 2.59. The van der Waals surface area contributed by atoms with E-state index >= 15 is 0 Å². The second kappa shape index (κ2) is 7.48. The van der Waals surface area contributed by atoms with Crippen molar-refractivity contribution in [2.75, 3.05) is 36.4 Å². The van der Waals surface area contributed by atoms with E-state index in [9.17, 15) is 4.79 Å². The van der Waals surface area contributed by atoms with Gasteiger partial charge in [0.25, 0.3) is 5.91 Å². The molecule has 0 aliphatic carbocycles. The van der Waals surface area contributed by atoms with Gasteiger partial charge >= 0.3 is 0 Å². The van der Waals surface area contributed by atoms with Gasteiger partial charge < -0.3 is 20.1 Å². The summed E-state index contributed by atoms with van der Waals surface area (Å²) in [5, 5.41) is 6.17. The van der Waals surface area contributed by atoms with Crippen molar-refractivity contribution in [3.63, 3.8) is 0 Å². The molecule has 1 fully saturated rings. The highest BCUT2D eigenvalue weighted by atomic mass is 35.5. The van der Waals surface area contributed by atoms with Crippen LogP contribution in [0.3, 0.4) is 0 Å². The smallest absolute Gasteiger partial charge is 0.273 e. The van der Waals surface area contributed by atoms with Gasteiger partial charge in [-0.25, -0.2) is 4.98 Å². The maximum absolute atomic E-state index is 12.2. The van der Waals surface area contributed by atoms with Gasteiger partial charge in [-0.15, -0.1) is 12.4 Å². The number of amides is 1. The van der Waals surface area contributed by atoms with Crippen LogP contribution in [0.4, 0.5) is 11.5 Å². The van der Waals surface area contributed by atoms with E-state index in [-0.39, 0.29) is 18.3 Å². The monoisotopic (exact) mass is 335 g/mol. The average molecular weight is 336 g/mol. The molecule has 6 nitrogen and oxygen atoms in total. The predicted octanol–water partition coefficient (Wildman–Crippen LogP) is 1.81. The van der Waals surface area contributed by atoms with Crippen LogP contribution in [0, 0.1) is 6.92 Å². The summed E-state index contributed by atoms with van der Waals surface area (Å²) in [6.07, 6.45) is 1.82. The molecule has 1 amide bonds. The highest BCUT2D eigenvalue weighted by molar-refractivity contribution is 6.02. The number of nitrogens with one attached hydrogen (secondary N) is 2. The molecule has 23 heavy (non-hydrogen) atoms. The molecular weight excluding hydrogens is 314 g/mol. The zero-order chi connectivity index (χ0) is 15.5. The second-order valence-corrected chi connectivity index (χ2v) is 5.51. The van der Waals surface area contributed by atoms with E-state index in [4.69, 9.17) is 0 Å². The van der Waals surface area contributed by atoms with Crippen LogP contribution in [-0.2, 0) is 7.05 Å². The number of carbonyl (C=O) groups is 1. The van der Waals surface area contributed by atoms with Crippen molar-refractivity contribution < 1.29 is 4.79 Å². The molecule has 3 heterocycles. The Morgan fingerprint density at radius 1 is 1.22 bits per heavy atom. The van der Waals surface area contributed by atoms with Crippen molar-refractivity contribution in [3.8, 4) is 0 Å². The number of halogens is 1. The highest BCUT2D eigenvalue weighted by Gasteiger charge is 2.13. The van der Waals surface area contributed by atoms with E-state index in [1.165, 1.54) is 0 Å². The zero-order valence-corrected chi connectivity index (χ0v) is 14.2. The van der Waals surface area contributed by atoms with E-state index in [0.29, 0.717) is 11.5 Å². The van der Waals surface area contributed by atoms with Crippen molar-refractivity contribution in [2.45, 2.75) is 6.92 Å². The van der Waals surface area contributed by atoms with Gasteiger partial charge in [0.2, 0.25) is 0 Å². The Kier molecular flexibility index (Phi) is 5.63. The molecule has 124 valence electrons. The second-order valence-electron chi connectivity index (χ2n) is 5.51. The third-order valence-corrected chi connectivity index (χ3v) is 4.08. The molecule has 0 unspecified atom stereocenters. The first-order valence-electron chi connectivity index (χ1n) is 7.50. The number of pyridine rings is 1. The summed E-state index contributed by atoms with van der Waals surface area (Å²) in [5.41, 5.74) is 2.77. The minimum absolute atomic E-state index is 0. The first-order valence-corrected chi connectivity index (χ1v) is 7.50. The van der Waals surface area contributed by atoms with E-state index in [1.54, 1.807) is 0 Å². The molecule has 1 saturated heterocycles. The Balaban J connectivity index is 0.00000192. The lowest BCUT2D eigenvalue weighted by Gasteiger charge is -2.29. The Morgan fingerprint density at radius 3 is 2.52 bits per heavy atom. The number of carbonyl (C=O) groups excluding carboxylic acids is 1. The Labute approximate surface area is 142 Å². The predicted molar refractivity (Wildman–Crippen MR) is 94.7 cm³/mol. The molecule has 7 heteroatoms. The zero-order valence-electron chi connectivity index (χ0n) is 13.4. The topological polar surface area (TPSA) is 62.2 Å². The molecule has 1 aliphatic heterocycles. The van der Waals surface area contributed by atoms with Crippen LogP contribution in [0.2, 0.25) is 0 Å². The lowest BCUT2D eigenvalue weighted by molar-refractivity contribution is 0.101. The fourth-order valence-electron chi connectivity index (χ4n) is 2.59. The van der Waals surface area contributed by atoms with Crippen LogP contribution < -0.4 is 15.5 Å². The lowest BCUT2D eigenvalue weighted by Crippen LogP contribution is -2.43. The normalized spacial score (nSPS) is 14.3. The first-order chi connectivity index (χ1) is 10.6. The molecule has 2 aromatic heterocycles. The van der Waals surface area contributed by atoms with Crippen LogP contribution in [0.1, 0.15) is 16.2 Å².